The number of carboxylic acids is 1. The van der Waals surface area contributed by atoms with Gasteiger partial charge >= 0.3 is 11.9 Å². The van der Waals surface area contributed by atoms with Crippen molar-refractivity contribution in [1.82, 2.24) is 0 Å². The summed E-state index contributed by atoms with van der Waals surface area (Å²) in [5.74, 6) is -1.08. The van der Waals surface area contributed by atoms with E-state index in [0.29, 0.717) is 5.92 Å². The highest BCUT2D eigenvalue weighted by molar-refractivity contribution is 5.90. The average Bonchev–Trinajstić information content (AvgIpc) is 2.73. The van der Waals surface area contributed by atoms with Crippen LogP contribution in [-0.4, -0.2) is 23.1 Å². The zero-order valence-electron chi connectivity index (χ0n) is 11.1. The molecule has 3 atom stereocenters. The van der Waals surface area contributed by atoms with Crippen LogP contribution in [0.3, 0.4) is 0 Å². The zero-order chi connectivity index (χ0) is 13.6. The second-order valence-electron chi connectivity index (χ2n) is 6.40. The molecule has 0 radical (unpaired) electrons. The molecule has 4 heteroatoms. The summed E-state index contributed by atoms with van der Waals surface area (Å²) in [6.45, 7) is 6.45. The molecule has 0 heterocycles. The third kappa shape index (κ3) is 2.04. The van der Waals surface area contributed by atoms with Crippen molar-refractivity contribution in [3.63, 3.8) is 0 Å². The van der Waals surface area contributed by atoms with Gasteiger partial charge in [-0.05, 0) is 25.2 Å². The van der Waals surface area contributed by atoms with Gasteiger partial charge in [-0.2, -0.15) is 0 Å². The Kier molecular flexibility index (Phi) is 2.99. The van der Waals surface area contributed by atoms with Crippen LogP contribution < -0.4 is 0 Å². The van der Waals surface area contributed by atoms with Gasteiger partial charge in [-0.25, -0.2) is 9.59 Å². The Labute approximate surface area is 107 Å². The fraction of sp³-hybridized carbons (Fsp3) is 0.714. The molecule has 2 saturated carbocycles. The van der Waals surface area contributed by atoms with Crippen LogP contribution in [0.1, 0.15) is 40.0 Å². The molecule has 1 N–H and O–H groups in total. The van der Waals surface area contributed by atoms with Crippen molar-refractivity contribution in [2.75, 3.05) is 0 Å². The Balaban J connectivity index is 2.09. The van der Waals surface area contributed by atoms with Gasteiger partial charge in [-0.1, -0.05) is 20.8 Å². The van der Waals surface area contributed by atoms with E-state index in [1.165, 1.54) is 6.42 Å². The number of aliphatic carboxylic acids is 1. The molecule has 0 saturated heterocycles. The summed E-state index contributed by atoms with van der Waals surface area (Å²) in [4.78, 5) is 22.0. The number of rotatable bonds is 3. The number of fused-ring (bicyclic) bond motifs is 2. The fourth-order valence-electron chi connectivity index (χ4n) is 3.85. The lowest BCUT2D eigenvalue weighted by Crippen LogP contribution is -2.43. The van der Waals surface area contributed by atoms with Crippen LogP contribution in [0.2, 0.25) is 0 Å². The molecule has 0 amide bonds. The minimum absolute atomic E-state index is 0.0142. The summed E-state index contributed by atoms with van der Waals surface area (Å²) in [5.41, 5.74) is 0.0423. The van der Waals surface area contributed by atoms with Crippen molar-refractivity contribution >= 4 is 11.9 Å². The summed E-state index contributed by atoms with van der Waals surface area (Å²) in [7, 11) is 0. The molecule has 2 bridgehead atoms. The Hall–Kier alpha value is -1.32. The SMILES string of the molecule is CC12CCC(C1)C(C)(C)C2OC(=O)C=CC(=O)O. The number of carbonyl (C=O) groups excluding carboxylic acids is 1. The van der Waals surface area contributed by atoms with E-state index in [1.807, 2.05) is 0 Å². The van der Waals surface area contributed by atoms with Crippen molar-refractivity contribution in [2.24, 2.45) is 16.7 Å². The topological polar surface area (TPSA) is 63.6 Å². The maximum Gasteiger partial charge on any atom is 0.331 e. The second-order valence-corrected chi connectivity index (χ2v) is 6.40. The zero-order valence-corrected chi connectivity index (χ0v) is 11.1. The molecule has 2 aliphatic rings. The molecule has 3 unspecified atom stereocenters. The molecule has 2 fully saturated rings. The van der Waals surface area contributed by atoms with Gasteiger partial charge in [0.15, 0.2) is 0 Å². The van der Waals surface area contributed by atoms with Crippen LogP contribution in [0.25, 0.3) is 0 Å². The van der Waals surface area contributed by atoms with Crippen LogP contribution in [-0.2, 0) is 14.3 Å². The van der Waals surface area contributed by atoms with Gasteiger partial charge < -0.3 is 9.84 Å². The van der Waals surface area contributed by atoms with E-state index in [1.54, 1.807) is 0 Å². The second kappa shape index (κ2) is 4.11. The maximum atomic E-state index is 11.6. The monoisotopic (exact) mass is 252 g/mol. The van der Waals surface area contributed by atoms with Crippen LogP contribution in [0, 0.1) is 16.7 Å². The highest BCUT2D eigenvalue weighted by Gasteiger charge is 2.61. The van der Waals surface area contributed by atoms with E-state index >= 15 is 0 Å². The lowest BCUT2D eigenvalue weighted by Gasteiger charge is -2.41. The van der Waals surface area contributed by atoms with Crippen molar-refractivity contribution in [3.05, 3.63) is 12.2 Å². The number of carboxylic acid groups (broad SMARTS) is 1. The summed E-state index contributed by atoms with van der Waals surface area (Å²) in [6.07, 6.45) is 5.08. The van der Waals surface area contributed by atoms with E-state index in [-0.39, 0.29) is 16.9 Å². The van der Waals surface area contributed by atoms with Gasteiger partial charge in [0, 0.05) is 23.0 Å². The van der Waals surface area contributed by atoms with Gasteiger partial charge in [-0.3, -0.25) is 0 Å². The van der Waals surface area contributed by atoms with E-state index in [2.05, 4.69) is 20.8 Å². The first kappa shape index (κ1) is 13.1. The molecular weight excluding hydrogens is 232 g/mol. The van der Waals surface area contributed by atoms with E-state index < -0.39 is 11.9 Å². The normalized spacial score (nSPS) is 37.1. The largest absolute Gasteiger partial charge is 0.478 e. The Bertz CT molecular complexity index is 405. The molecule has 0 spiro atoms. The maximum absolute atomic E-state index is 11.6. The Morgan fingerprint density at radius 2 is 1.94 bits per heavy atom. The number of esters is 1. The smallest absolute Gasteiger partial charge is 0.331 e. The first-order valence-electron chi connectivity index (χ1n) is 6.37. The first-order valence-corrected chi connectivity index (χ1v) is 6.37. The van der Waals surface area contributed by atoms with Gasteiger partial charge in [0.05, 0.1) is 0 Å². The molecule has 18 heavy (non-hydrogen) atoms. The van der Waals surface area contributed by atoms with E-state index in [0.717, 1.165) is 25.0 Å². The van der Waals surface area contributed by atoms with Gasteiger partial charge in [0.1, 0.15) is 6.10 Å². The highest BCUT2D eigenvalue weighted by atomic mass is 16.5. The van der Waals surface area contributed by atoms with Crippen molar-refractivity contribution < 1.29 is 19.4 Å². The van der Waals surface area contributed by atoms with Crippen molar-refractivity contribution in [1.29, 1.82) is 0 Å². The third-order valence-corrected chi connectivity index (χ3v) is 4.73. The predicted molar refractivity (Wildman–Crippen MR) is 65.9 cm³/mol. The molecule has 100 valence electrons. The van der Waals surface area contributed by atoms with Gasteiger partial charge in [0.2, 0.25) is 0 Å². The lowest BCUT2D eigenvalue weighted by atomic mass is 9.70. The van der Waals surface area contributed by atoms with Crippen LogP contribution >= 0.6 is 0 Å². The van der Waals surface area contributed by atoms with Crippen molar-refractivity contribution in [2.45, 2.75) is 46.1 Å². The summed E-state index contributed by atoms with van der Waals surface area (Å²) in [5, 5.41) is 8.49. The number of ether oxygens (including phenoxy) is 1. The van der Waals surface area contributed by atoms with Gasteiger partial charge in [0.25, 0.3) is 0 Å². The molecule has 0 aliphatic heterocycles. The number of hydrogen-bond donors (Lipinski definition) is 1. The van der Waals surface area contributed by atoms with Crippen LogP contribution in [0.4, 0.5) is 0 Å². The molecule has 2 rings (SSSR count). The van der Waals surface area contributed by atoms with E-state index in [9.17, 15) is 9.59 Å². The molecular formula is C14H20O4. The Morgan fingerprint density at radius 3 is 2.44 bits per heavy atom. The van der Waals surface area contributed by atoms with E-state index in [4.69, 9.17) is 9.84 Å². The number of hydrogen-bond acceptors (Lipinski definition) is 3. The average molecular weight is 252 g/mol. The first-order chi connectivity index (χ1) is 8.25. The molecule has 0 aromatic carbocycles. The third-order valence-electron chi connectivity index (χ3n) is 4.73. The molecule has 2 aliphatic carbocycles. The molecule has 0 aromatic heterocycles. The van der Waals surface area contributed by atoms with Crippen LogP contribution in [0.5, 0.6) is 0 Å². The minimum Gasteiger partial charge on any atom is -0.478 e. The summed E-state index contributed by atoms with van der Waals surface area (Å²) >= 11 is 0. The van der Waals surface area contributed by atoms with Crippen LogP contribution in [0.15, 0.2) is 12.2 Å². The number of carbonyl (C=O) groups is 2. The minimum atomic E-state index is -1.13. The highest BCUT2D eigenvalue weighted by Crippen LogP contribution is 2.63. The standard InChI is InChI=1S/C14H20O4/c1-13(2)9-6-7-14(3,8-9)12(13)18-11(17)5-4-10(15)16/h4-5,9,12H,6-8H2,1-3H3,(H,15,16). The van der Waals surface area contributed by atoms with Crippen molar-refractivity contribution in [3.8, 4) is 0 Å². The molecule has 4 nitrogen and oxygen atoms in total. The lowest BCUT2D eigenvalue weighted by molar-refractivity contribution is -0.158. The predicted octanol–water partition coefficient (Wildman–Crippen LogP) is 2.39. The summed E-state index contributed by atoms with van der Waals surface area (Å²) in [6, 6.07) is 0. The quantitative estimate of drug-likeness (QED) is 0.618. The summed E-state index contributed by atoms with van der Waals surface area (Å²) < 4.78 is 5.52. The fourth-order valence-corrected chi connectivity index (χ4v) is 3.85. The molecule has 0 aromatic rings. The Morgan fingerprint density at radius 1 is 1.28 bits per heavy atom. The van der Waals surface area contributed by atoms with Gasteiger partial charge in [-0.15, -0.1) is 0 Å².